The Balaban J connectivity index is 1.59. The Labute approximate surface area is 168 Å². The van der Waals surface area contributed by atoms with Crippen LogP contribution in [0.5, 0.6) is 0 Å². The maximum absolute atomic E-state index is 12.6. The molecular weight excluding hydrogens is 401 g/mol. The fraction of sp³-hybridized carbons (Fsp3) is 0.0500. The molecule has 0 bridgehead atoms. The predicted octanol–water partition coefficient (Wildman–Crippen LogP) is 5.04. The molecule has 1 heterocycles. The van der Waals surface area contributed by atoms with Gasteiger partial charge in [-0.15, -0.1) is 11.3 Å². The topological polar surface area (TPSA) is 80.4 Å². The van der Waals surface area contributed by atoms with E-state index in [2.05, 4.69) is 15.5 Å². The summed E-state index contributed by atoms with van der Waals surface area (Å²) in [6, 6.07) is 11.7. The number of hydrogen-bond acceptors (Lipinski definition) is 5. The second-order valence-electron chi connectivity index (χ2n) is 5.85. The molecule has 0 atom stereocenters. The molecule has 0 radical (unpaired) electrons. The number of nitrogens with two attached hydrogens (primary N) is 1. The van der Waals surface area contributed by atoms with Crippen molar-refractivity contribution < 1.29 is 18.0 Å². The fourth-order valence-electron chi connectivity index (χ4n) is 2.37. The van der Waals surface area contributed by atoms with E-state index in [1.807, 2.05) is 6.07 Å². The molecular formula is C20H15F3N4OS. The van der Waals surface area contributed by atoms with E-state index >= 15 is 0 Å². The lowest BCUT2D eigenvalue weighted by Gasteiger charge is -2.06. The predicted molar refractivity (Wildman–Crippen MR) is 109 cm³/mol. The number of rotatable bonds is 6. The van der Waals surface area contributed by atoms with Crippen LogP contribution < -0.4 is 11.2 Å². The van der Waals surface area contributed by atoms with Gasteiger partial charge in [0.25, 0.3) is 0 Å². The molecule has 0 unspecified atom stereocenters. The maximum atomic E-state index is 12.6. The molecule has 3 rings (SSSR count). The average molecular weight is 416 g/mol. The number of anilines is 1. The van der Waals surface area contributed by atoms with Gasteiger partial charge in [0.1, 0.15) is 0 Å². The van der Waals surface area contributed by atoms with Gasteiger partial charge in [-0.1, -0.05) is 30.3 Å². The first-order valence-corrected chi connectivity index (χ1v) is 9.19. The summed E-state index contributed by atoms with van der Waals surface area (Å²) < 4.78 is 37.9. The number of aromatic nitrogens is 1. The van der Waals surface area contributed by atoms with Crippen molar-refractivity contribution in [1.82, 2.24) is 4.98 Å². The monoisotopic (exact) mass is 416 g/mol. The van der Waals surface area contributed by atoms with E-state index in [1.54, 1.807) is 35.7 Å². The van der Waals surface area contributed by atoms with E-state index in [0.717, 1.165) is 17.7 Å². The number of halogens is 3. The number of carbonyl (C=O) groups excluding carboxylic acids is 1. The van der Waals surface area contributed by atoms with E-state index in [9.17, 15) is 18.0 Å². The minimum atomic E-state index is -4.36. The van der Waals surface area contributed by atoms with E-state index in [4.69, 9.17) is 5.73 Å². The summed E-state index contributed by atoms with van der Waals surface area (Å²) in [6.07, 6.45) is 0.581. The van der Waals surface area contributed by atoms with Crippen molar-refractivity contribution in [3.8, 4) is 11.3 Å². The molecule has 2 aromatic carbocycles. The molecule has 5 nitrogen and oxygen atoms in total. The van der Waals surface area contributed by atoms with Crippen molar-refractivity contribution in [2.75, 3.05) is 5.43 Å². The second kappa shape index (κ2) is 8.70. The molecule has 0 aliphatic rings. The van der Waals surface area contributed by atoms with E-state index in [0.29, 0.717) is 22.0 Å². The van der Waals surface area contributed by atoms with Crippen molar-refractivity contribution in [1.29, 1.82) is 0 Å². The van der Waals surface area contributed by atoms with E-state index < -0.39 is 17.6 Å². The lowest BCUT2D eigenvalue weighted by atomic mass is 10.1. The number of hydrazone groups is 1. The largest absolute Gasteiger partial charge is 0.416 e. The molecule has 0 aliphatic carbocycles. The summed E-state index contributed by atoms with van der Waals surface area (Å²) in [5.41, 5.74) is 9.65. The Hall–Kier alpha value is -3.46. The highest BCUT2D eigenvalue weighted by molar-refractivity contribution is 7.14. The summed E-state index contributed by atoms with van der Waals surface area (Å²) in [6.45, 7) is 0. The van der Waals surface area contributed by atoms with Gasteiger partial charge in [0, 0.05) is 22.7 Å². The van der Waals surface area contributed by atoms with Crippen LogP contribution in [0.1, 0.15) is 21.5 Å². The maximum Gasteiger partial charge on any atom is 0.416 e. The van der Waals surface area contributed by atoms with Crippen molar-refractivity contribution in [3.63, 3.8) is 0 Å². The van der Waals surface area contributed by atoms with Crippen LogP contribution >= 0.6 is 11.3 Å². The standard InChI is InChI=1S/C20H15F3N4OS/c21-20(22,23)16-8-6-14(7-9-16)17-12-29-19(26-17)27-25-10-2-4-13-3-1-5-15(11-13)18(24)28/h1-12H,(H2,24,28)(H,26,27)/b4-2?,25-10+. The molecule has 0 saturated heterocycles. The molecule has 0 saturated carbocycles. The van der Waals surface area contributed by atoms with Crippen LogP contribution in [0.4, 0.5) is 18.3 Å². The molecule has 0 fully saturated rings. The van der Waals surface area contributed by atoms with Crippen molar-refractivity contribution >= 4 is 34.7 Å². The Morgan fingerprint density at radius 3 is 2.62 bits per heavy atom. The van der Waals surface area contributed by atoms with Crippen LogP contribution in [0.15, 0.2) is 65.1 Å². The van der Waals surface area contributed by atoms with Gasteiger partial charge in [-0.2, -0.15) is 18.3 Å². The number of nitrogens with zero attached hydrogens (tertiary/aromatic N) is 2. The van der Waals surface area contributed by atoms with Gasteiger partial charge in [-0.05, 0) is 35.9 Å². The highest BCUT2D eigenvalue weighted by Crippen LogP contribution is 2.31. The number of carbonyl (C=O) groups is 1. The zero-order valence-corrected chi connectivity index (χ0v) is 15.7. The Morgan fingerprint density at radius 1 is 1.17 bits per heavy atom. The minimum absolute atomic E-state index is 0.417. The summed E-state index contributed by atoms with van der Waals surface area (Å²) >= 11 is 1.28. The van der Waals surface area contributed by atoms with Crippen molar-refractivity contribution in [2.45, 2.75) is 6.18 Å². The number of nitrogens with one attached hydrogen (secondary N) is 1. The smallest absolute Gasteiger partial charge is 0.366 e. The number of alkyl halides is 3. The van der Waals surface area contributed by atoms with Crippen molar-refractivity contribution in [2.24, 2.45) is 10.8 Å². The Bertz CT molecular complexity index is 1060. The number of primary amides is 1. The van der Waals surface area contributed by atoms with Gasteiger partial charge >= 0.3 is 6.18 Å². The number of hydrogen-bond donors (Lipinski definition) is 2. The highest BCUT2D eigenvalue weighted by atomic mass is 32.1. The molecule has 29 heavy (non-hydrogen) atoms. The zero-order chi connectivity index (χ0) is 20.9. The zero-order valence-electron chi connectivity index (χ0n) is 14.9. The molecule has 1 aromatic heterocycles. The SMILES string of the molecule is NC(=O)c1cccc(C=C/C=N/Nc2nc(-c3ccc(C(F)(F)F)cc3)cs2)c1. The Kier molecular flexibility index (Phi) is 6.08. The first kappa shape index (κ1) is 20.3. The fourth-order valence-corrected chi connectivity index (χ4v) is 3.04. The summed E-state index contributed by atoms with van der Waals surface area (Å²) in [5.74, 6) is -0.497. The molecule has 148 valence electrons. The number of allylic oxidation sites excluding steroid dienone is 1. The minimum Gasteiger partial charge on any atom is -0.366 e. The van der Waals surface area contributed by atoms with Crippen LogP contribution in [-0.2, 0) is 6.18 Å². The third kappa shape index (κ3) is 5.52. The number of amides is 1. The molecule has 3 aromatic rings. The molecule has 0 aliphatic heterocycles. The van der Waals surface area contributed by atoms with E-state index in [1.165, 1.54) is 29.7 Å². The first-order chi connectivity index (χ1) is 13.8. The average Bonchev–Trinajstić information content (AvgIpc) is 3.16. The number of thiazole rings is 1. The summed E-state index contributed by atoms with van der Waals surface area (Å²) in [4.78, 5) is 15.5. The Morgan fingerprint density at radius 2 is 1.93 bits per heavy atom. The van der Waals surface area contributed by atoms with E-state index in [-0.39, 0.29) is 0 Å². The van der Waals surface area contributed by atoms with Crippen molar-refractivity contribution in [3.05, 3.63) is 76.7 Å². The van der Waals surface area contributed by atoms with Crippen LogP contribution in [0.3, 0.4) is 0 Å². The van der Waals surface area contributed by atoms with Crippen LogP contribution in [0.2, 0.25) is 0 Å². The molecule has 0 spiro atoms. The van der Waals surface area contributed by atoms with Crippen LogP contribution in [-0.4, -0.2) is 17.1 Å². The third-order valence-corrected chi connectivity index (χ3v) is 4.54. The molecule has 3 N–H and O–H groups in total. The summed E-state index contributed by atoms with van der Waals surface area (Å²) in [7, 11) is 0. The summed E-state index contributed by atoms with van der Waals surface area (Å²) in [5, 5.41) is 6.24. The molecule has 1 amide bonds. The van der Waals surface area contributed by atoms with Gasteiger partial charge in [0.2, 0.25) is 11.0 Å². The lowest BCUT2D eigenvalue weighted by molar-refractivity contribution is -0.137. The van der Waals surface area contributed by atoms with Gasteiger partial charge in [0.15, 0.2) is 0 Å². The van der Waals surface area contributed by atoms with Crippen LogP contribution in [0, 0.1) is 0 Å². The van der Waals surface area contributed by atoms with Gasteiger partial charge < -0.3 is 5.73 Å². The highest BCUT2D eigenvalue weighted by Gasteiger charge is 2.30. The third-order valence-electron chi connectivity index (χ3n) is 3.79. The van der Waals surface area contributed by atoms with Gasteiger partial charge in [0.05, 0.1) is 11.3 Å². The van der Waals surface area contributed by atoms with Gasteiger partial charge in [-0.25, -0.2) is 4.98 Å². The molecule has 9 heteroatoms. The first-order valence-electron chi connectivity index (χ1n) is 8.32. The number of benzene rings is 2. The van der Waals surface area contributed by atoms with Gasteiger partial charge in [-0.3, -0.25) is 10.2 Å². The quantitative estimate of drug-likeness (QED) is 0.436. The normalized spacial score (nSPS) is 12.0. The lowest BCUT2D eigenvalue weighted by Crippen LogP contribution is -2.10. The van der Waals surface area contributed by atoms with Crippen LogP contribution in [0.25, 0.3) is 17.3 Å². The second-order valence-corrected chi connectivity index (χ2v) is 6.71.